The second kappa shape index (κ2) is 5.68. The Morgan fingerprint density at radius 1 is 1.37 bits per heavy atom. The first-order valence-electron chi connectivity index (χ1n) is 7.73. The lowest BCUT2D eigenvalue weighted by Gasteiger charge is -2.27. The summed E-state index contributed by atoms with van der Waals surface area (Å²) in [5, 5.41) is 3.60. The van der Waals surface area contributed by atoms with Gasteiger partial charge in [-0.3, -0.25) is 4.90 Å². The molecule has 19 heavy (non-hydrogen) atoms. The third kappa shape index (κ3) is 3.40. The van der Waals surface area contributed by atoms with Gasteiger partial charge in [0.25, 0.3) is 0 Å². The molecule has 1 saturated heterocycles. The maximum absolute atomic E-state index is 5.98. The molecule has 0 aromatic carbocycles. The molecule has 0 spiro atoms. The molecular formula is C16H26N2O. The summed E-state index contributed by atoms with van der Waals surface area (Å²) < 4.78 is 5.98. The van der Waals surface area contributed by atoms with E-state index in [-0.39, 0.29) is 0 Å². The van der Waals surface area contributed by atoms with E-state index in [1.165, 1.54) is 38.0 Å². The molecule has 1 aliphatic heterocycles. The van der Waals surface area contributed by atoms with Crippen LogP contribution in [0.1, 0.15) is 50.0 Å². The molecule has 3 nitrogen and oxygen atoms in total. The molecule has 1 aromatic rings. The summed E-state index contributed by atoms with van der Waals surface area (Å²) in [7, 11) is 2.19. The molecular weight excluding hydrogens is 236 g/mol. The number of likely N-dealkylation sites (N-methyl/N-ethyl adjacent to an activating group) is 1. The number of piperidine rings is 1. The molecule has 0 bridgehead atoms. The van der Waals surface area contributed by atoms with Crippen LogP contribution in [0.5, 0.6) is 0 Å². The van der Waals surface area contributed by atoms with Gasteiger partial charge in [0.1, 0.15) is 11.5 Å². The van der Waals surface area contributed by atoms with Gasteiger partial charge in [-0.05, 0) is 50.9 Å². The lowest BCUT2D eigenvalue weighted by molar-refractivity contribution is 0.239. The average molecular weight is 262 g/mol. The van der Waals surface area contributed by atoms with E-state index in [2.05, 4.69) is 36.3 Å². The van der Waals surface area contributed by atoms with Gasteiger partial charge in [-0.2, -0.15) is 0 Å². The van der Waals surface area contributed by atoms with Crippen LogP contribution >= 0.6 is 0 Å². The maximum Gasteiger partial charge on any atom is 0.118 e. The number of furan rings is 1. The summed E-state index contributed by atoms with van der Waals surface area (Å²) in [5.74, 6) is 3.83. The van der Waals surface area contributed by atoms with Crippen LogP contribution in [0.25, 0.3) is 0 Å². The largest absolute Gasteiger partial charge is 0.464 e. The maximum atomic E-state index is 5.98. The molecule has 1 N–H and O–H groups in total. The molecule has 0 radical (unpaired) electrons. The molecule has 1 saturated carbocycles. The van der Waals surface area contributed by atoms with Crippen LogP contribution in [0.3, 0.4) is 0 Å². The van der Waals surface area contributed by atoms with Gasteiger partial charge < -0.3 is 9.73 Å². The predicted molar refractivity (Wildman–Crippen MR) is 77.2 cm³/mol. The molecule has 2 heterocycles. The van der Waals surface area contributed by atoms with Crippen LogP contribution < -0.4 is 5.32 Å². The van der Waals surface area contributed by atoms with Crippen molar-refractivity contribution in [2.24, 2.45) is 5.92 Å². The third-order valence-electron chi connectivity index (χ3n) is 4.53. The first-order chi connectivity index (χ1) is 9.22. The molecule has 2 aliphatic rings. The first-order valence-corrected chi connectivity index (χ1v) is 7.73. The average Bonchev–Trinajstić information content (AvgIpc) is 2.95. The number of hydrogen-bond donors (Lipinski definition) is 1. The van der Waals surface area contributed by atoms with Crippen molar-refractivity contribution in [1.29, 1.82) is 0 Å². The fourth-order valence-corrected chi connectivity index (χ4v) is 3.18. The van der Waals surface area contributed by atoms with Gasteiger partial charge >= 0.3 is 0 Å². The molecule has 106 valence electrons. The molecule has 1 aliphatic carbocycles. The molecule has 3 unspecified atom stereocenters. The van der Waals surface area contributed by atoms with E-state index >= 15 is 0 Å². The Kier molecular flexibility index (Phi) is 3.94. The summed E-state index contributed by atoms with van der Waals surface area (Å²) in [6, 6.07) is 5.00. The highest BCUT2D eigenvalue weighted by Gasteiger charge is 2.36. The SMILES string of the molecule is CC1CC1c1ccc(CN(C)CC2CCCCN2)o1. The van der Waals surface area contributed by atoms with E-state index < -0.39 is 0 Å². The number of nitrogens with one attached hydrogen (secondary N) is 1. The van der Waals surface area contributed by atoms with Gasteiger partial charge in [0, 0.05) is 18.5 Å². The normalized spacial score (nSPS) is 30.8. The Labute approximate surface area is 116 Å². The second-order valence-electron chi connectivity index (χ2n) is 6.47. The van der Waals surface area contributed by atoms with Crippen molar-refractivity contribution < 1.29 is 4.42 Å². The predicted octanol–water partition coefficient (Wildman–Crippen LogP) is 2.98. The van der Waals surface area contributed by atoms with E-state index in [0.29, 0.717) is 12.0 Å². The summed E-state index contributed by atoms with van der Waals surface area (Å²) >= 11 is 0. The minimum atomic E-state index is 0.664. The van der Waals surface area contributed by atoms with Gasteiger partial charge in [0.2, 0.25) is 0 Å². The van der Waals surface area contributed by atoms with Gasteiger partial charge in [0.15, 0.2) is 0 Å². The Balaban J connectivity index is 1.48. The van der Waals surface area contributed by atoms with E-state index in [1.807, 2.05) is 0 Å². The quantitative estimate of drug-likeness (QED) is 0.884. The smallest absolute Gasteiger partial charge is 0.118 e. The van der Waals surface area contributed by atoms with Crippen LogP contribution in [0.2, 0.25) is 0 Å². The number of hydrogen-bond acceptors (Lipinski definition) is 3. The van der Waals surface area contributed by atoms with Crippen LogP contribution in [0, 0.1) is 5.92 Å². The van der Waals surface area contributed by atoms with Gasteiger partial charge in [-0.25, -0.2) is 0 Å². The summed E-state index contributed by atoms with van der Waals surface area (Å²) in [4.78, 5) is 2.38. The molecule has 3 atom stereocenters. The Morgan fingerprint density at radius 2 is 2.21 bits per heavy atom. The lowest BCUT2D eigenvalue weighted by Crippen LogP contribution is -2.42. The van der Waals surface area contributed by atoms with Crippen molar-refractivity contribution in [1.82, 2.24) is 10.2 Å². The Bertz CT molecular complexity index is 409. The highest BCUT2D eigenvalue weighted by molar-refractivity contribution is 5.17. The van der Waals surface area contributed by atoms with E-state index in [4.69, 9.17) is 4.42 Å². The van der Waals surface area contributed by atoms with E-state index in [0.717, 1.165) is 24.8 Å². The van der Waals surface area contributed by atoms with Crippen molar-refractivity contribution in [3.63, 3.8) is 0 Å². The number of nitrogens with zero attached hydrogens (tertiary/aromatic N) is 1. The van der Waals surface area contributed by atoms with Crippen molar-refractivity contribution >= 4 is 0 Å². The zero-order valence-electron chi connectivity index (χ0n) is 12.2. The van der Waals surface area contributed by atoms with Crippen molar-refractivity contribution in [2.75, 3.05) is 20.1 Å². The third-order valence-corrected chi connectivity index (χ3v) is 4.53. The van der Waals surface area contributed by atoms with Crippen LogP contribution in [0.15, 0.2) is 16.5 Å². The van der Waals surface area contributed by atoms with Crippen molar-refractivity contribution in [2.45, 2.75) is 51.1 Å². The minimum Gasteiger partial charge on any atom is -0.464 e. The highest BCUT2D eigenvalue weighted by atomic mass is 16.3. The van der Waals surface area contributed by atoms with Gasteiger partial charge in [0.05, 0.1) is 6.54 Å². The van der Waals surface area contributed by atoms with Crippen LogP contribution in [-0.4, -0.2) is 31.1 Å². The fourth-order valence-electron chi connectivity index (χ4n) is 3.18. The zero-order chi connectivity index (χ0) is 13.2. The van der Waals surface area contributed by atoms with E-state index in [9.17, 15) is 0 Å². The van der Waals surface area contributed by atoms with Crippen molar-refractivity contribution in [3.05, 3.63) is 23.7 Å². The Morgan fingerprint density at radius 3 is 2.89 bits per heavy atom. The van der Waals surface area contributed by atoms with Crippen molar-refractivity contribution in [3.8, 4) is 0 Å². The molecule has 2 fully saturated rings. The zero-order valence-corrected chi connectivity index (χ0v) is 12.2. The molecule has 3 heteroatoms. The van der Waals surface area contributed by atoms with Gasteiger partial charge in [-0.1, -0.05) is 13.3 Å². The monoisotopic (exact) mass is 262 g/mol. The standard InChI is InChI=1S/C16H26N2O/c1-12-9-15(12)16-7-6-14(19-16)11-18(2)10-13-5-3-4-8-17-13/h6-7,12-13,15,17H,3-5,8-11H2,1-2H3. The summed E-state index contributed by atoms with van der Waals surface area (Å²) in [6.07, 6.45) is 5.32. The fraction of sp³-hybridized carbons (Fsp3) is 0.750. The van der Waals surface area contributed by atoms with Crippen LogP contribution in [-0.2, 0) is 6.54 Å². The summed E-state index contributed by atoms with van der Waals surface area (Å²) in [5.41, 5.74) is 0. The molecule has 1 aromatic heterocycles. The van der Waals surface area contributed by atoms with Gasteiger partial charge in [-0.15, -0.1) is 0 Å². The second-order valence-corrected chi connectivity index (χ2v) is 6.47. The minimum absolute atomic E-state index is 0.664. The number of rotatable bonds is 5. The molecule has 0 amide bonds. The van der Waals surface area contributed by atoms with Crippen LogP contribution in [0.4, 0.5) is 0 Å². The lowest BCUT2D eigenvalue weighted by atomic mass is 10.0. The topological polar surface area (TPSA) is 28.4 Å². The molecule has 3 rings (SSSR count). The summed E-state index contributed by atoms with van der Waals surface area (Å²) in [6.45, 7) is 5.53. The Hall–Kier alpha value is -0.800. The highest BCUT2D eigenvalue weighted by Crippen LogP contribution is 2.47. The first kappa shape index (κ1) is 13.2. The van der Waals surface area contributed by atoms with E-state index in [1.54, 1.807) is 0 Å².